The van der Waals surface area contributed by atoms with E-state index in [1.807, 2.05) is 72.8 Å². The number of benzene rings is 3. The minimum Gasteiger partial charge on any atom is -0.496 e. The Hall–Kier alpha value is -3.38. The molecule has 3 aromatic rings. The first kappa shape index (κ1) is 18.0. The predicted octanol–water partition coefficient (Wildman–Crippen LogP) is 4.29. The minimum atomic E-state index is -1.57. The number of carbonyl (C=O) groups is 1. The van der Waals surface area contributed by atoms with E-state index in [-0.39, 0.29) is 5.91 Å². The van der Waals surface area contributed by atoms with Gasteiger partial charge in [-0.15, -0.1) is 0 Å². The highest BCUT2D eigenvalue weighted by Crippen LogP contribution is 2.35. The van der Waals surface area contributed by atoms with Crippen LogP contribution in [0, 0.1) is 0 Å². The average Bonchev–Trinajstić information content (AvgIpc) is 3.06. The maximum absolute atomic E-state index is 12.1. The molecule has 1 aliphatic heterocycles. The summed E-state index contributed by atoms with van der Waals surface area (Å²) < 4.78 is 25.8. The van der Waals surface area contributed by atoms with Crippen molar-refractivity contribution >= 4 is 21.8 Å². The molecule has 28 heavy (non-hydrogen) atoms. The van der Waals surface area contributed by atoms with E-state index < -0.39 is 11.0 Å². The van der Waals surface area contributed by atoms with Gasteiger partial charge in [0.15, 0.2) is 11.0 Å². The lowest BCUT2D eigenvalue weighted by atomic mass is 10.0. The zero-order valence-corrected chi connectivity index (χ0v) is 15.9. The fourth-order valence-corrected chi connectivity index (χ4v) is 3.90. The highest BCUT2D eigenvalue weighted by atomic mass is 32.2. The molecule has 140 valence electrons. The summed E-state index contributed by atoms with van der Waals surface area (Å²) in [6.07, 6.45) is 1.34. The summed E-state index contributed by atoms with van der Waals surface area (Å²) in [7, 11) is -0.0226. The highest BCUT2D eigenvalue weighted by molar-refractivity contribution is 7.94. The van der Waals surface area contributed by atoms with E-state index in [1.54, 1.807) is 7.11 Å². The molecule has 1 amide bonds. The van der Waals surface area contributed by atoms with Crippen LogP contribution in [-0.2, 0) is 15.8 Å². The van der Waals surface area contributed by atoms with Crippen LogP contribution < -0.4 is 14.2 Å². The first-order valence-electron chi connectivity index (χ1n) is 8.60. The van der Waals surface area contributed by atoms with Gasteiger partial charge in [0.2, 0.25) is 0 Å². The maximum Gasteiger partial charge on any atom is 0.257 e. The topological polar surface area (TPSA) is 64.6 Å². The number of ether oxygens (including phenoxy) is 2. The van der Waals surface area contributed by atoms with E-state index in [1.165, 1.54) is 6.08 Å². The third-order valence-electron chi connectivity index (χ3n) is 4.27. The largest absolute Gasteiger partial charge is 0.496 e. The van der Waals surface area contributed by atoms with Gasteiger partial charge in [0.25, 0.3) is 5.91 Å². The van der Waals surface area contributed by atoms with Crippen molar-refractivity contribution in [3.05, 3.63) is 84.4 Å². The van der Waals surface area contributed by atoms with Crippen molar-refractivity contribution in [2.75, 3.05) is 7.11 Å². The van der Waals surface area contributed by atoms with Gasteiger partial charge in [0.1, 0.15) is 17.2 Å². The van der Waals surface area contributed by atoms with Gasteiger partial charge in [-0.05, 0) is 47.5 Å². The lowest BCUT2D eigenvalue weighted by Crippen LogP contribution is -2.16. The third-order valence-corrected chi connectivity index (χ3v) is 5.39. The van der Waals surface area contributed by atoms with Crippen LogP contribution in [0.5, 0.6) is 17.2 Å². The Morgan fingerprint density at radius 2 is 1.61 bits per heavy atom. The van der Waals surface area contributed by atoms with E-state index in [2.05, 4.69) is 4.72 Å². The molecular weight excluding hydrogens is 374 g/mol. The van der Waals surface area contributed by atoms with Gasteiger partial charge in [-0.1, -0.05) is 36.4 Å². The van der Waals surface area contributed by atoms with Crippen molar-refractivity contribution in [2.24, 2.45) is 0 Å². The number of amides is 1. The van der Waals surface area contributed by atoms with Crippen LogP contribution in [-0.4, -0.2) is 17.2 Å². The van der Waals surface area contributed by atoms with E-state index >= 15 is 0 Å². The fourth-order valence-electron chi connectivity index (χ4n) is 2.96. The Kier molecular flexibility index (Phi) is 4.95. The molecule has 6 heteroatoms. The quantitative estimate of drug-likeness (QED) is 0.705. The van der Waals surface area contributed by atoms with Crippen molar-refractivity contribution < 1.29 is 18.5 Å². The number of hydrogen-bond acceptors (Lipinski definition) is 4. The predicted molar refractivity (Wildman–Crippen MR) is 109 cm³/mol. The molecule has 0 saturated heterocycles. The molecule has 5 nitrogen and oxygen atoms in total. The van der Waals surface area contributed by atoms with E-state index in [9.17, 15) is 9.00 Å². The summed E-state index contributed by atoms with van der Waals surface area (Å²) in [4.78, 5) is 11.9. The minimum absolute atomic E-state index is 0.370. The summed E-state index contributed by atoms with van der Waals surface area (Å²) in [6, 6.07) is 22.9. The van der Waals surface area contributed by atoms with Gasteiger partial charge in [-0.25, -0.2) is 4.21 Å². The molecule has 1 aliphatic rings. The number of hydrogen-bond donors (Lipinski definition) is 1. The van der Waals surface area contributed by atoms with Crippen molar-refractivity contribution in [2.45, 2.75) is 0 Å². The van der Waals surface area contributed by atoms with Crippen LogP contribution in [0.3, 0.4) is 0 Å². The monoisotopic (exact) mass is 391 g/mol. The molecule has 4 rings (SSSR count). The van der Waals surface area contributed by atoms with Gasteiger partial charge < -0.3 is 9.47 Å². The molecule has 1 atom stereocenters. The van der Waals surface area contributed by atoms with Crippen LogP contribution in [0.25, 0.3) is 16.0 Å². The second kappa shape index (κ2) is 7.70. The number of methoxy groups -OCH3 is 1. The summed E-state index contributed by atoms with van der Waals surface area (Å²) >= 11 is 0. The maximum atomic E-state index is 12.1. The second-order valence-electron chi connectivity index (χ2n) is 6.10. The van der Waals surface area contributed by atoms with E-state index in [0.717, 1.165) is 22.6 Å². The van der Waals surface area contributed by atoms with Crippen molar-refractivity contribution in [3.63, 3.8) is 0 Å². The number of para-hydroxylation sites is 1. The zero-order valence-electron chi connectivity index (χ0n) is 15.0. The Balaban J connectivity index is 1.66. The third kappa shape index (κ3) is 3.68. The Labute approximate surface area is 165 Å². The molecule has 0 spiro atoms. The first-order valence-corrected chi connectivity index (χ1v) is 9.75. The Morgan fingerprint density at radius 3 is 2.32 bits per heavy atom. The van der Waals surface area contributed by atoms with E-state index in [4.69, 9.17) is 9.47 Å². The van der Waals surface area contributed by atoms with Crippen LogP contribution in [0.4, 0.5) is 0 Å². The molecule has 0 radical (unpaired) electrons. The molecule has 0 aromatic heterocycles. The molecule has 0 fully saturated rings. The molecular formula is C22H17NO4S. The molecule has 1 heterocycles. The summed E-state index contributed by atoms with van der Waals surface area (Å²) in [6.45, 7) is 0. The summed E-state index contributed by atoms with van der Waals surface area (Å²) in [5, 5.41) is 0. The SMILES string of the molecule is COc1cc(-c2cccc(Oc3ccccc3)c2)ccc1C1=CC(=O)NS1=O. The lowest BCUT2D eigenvalue weighted by Gasteiger charge is -2.12. The summed E-state index contributed by atoms with van der Waals surface area (Å²) in [5.41, 5.74) is 2.50. The van der Waals surface area contributed by atoms with Crippen molar-refractivity contribution in [1.82, 2.24) is 4.72 Å². The molecule has 0 bridgehead atoms. The standard InChI is InChI=1S/C22H17NO4S/c1-26-20-13-16(10-11-19(20)21-14-22(24)23-28(21)25)15-6-5-9-18(12-15)27-17-7-3-2-4-8-17/h2-14H,1H3,(H,23,24). The van der Waals surface area contributed by atoms with E-state index in [0.29, 0.717) is 16.2 Å². The van der Waals surface area contributed by atoms with Crippen molar-refractivity contribution in [3.8, 4) is 28.4 Å². The smallest absolute Gasteiger partial charge is 0.257 e. The average molecular weight is 391 g/mol. The number of nitrogens with one attached hydrogen (secondary N) is 1. The van der Waals surface area contributed by atoms with Gasteiger partial charge >= 0.3 is 0 Å². The highest BCUT2D eigenvalue weighted by Gasteiger charge is 2.23. The van der Waals surface area contributed by atoms with Crippen LogP contribution in [0.2, 0.25) is 0 Å². The van der Waals surface area contributed by atoms with Gasteiger partial charge in [0.05, 0.1) is 12.0 Å². The Morgan fingerprint density at radius 1 is 0.857 bits per heavy atom. The molecule has 0 saturated carbocycles. The normalized spacial score (nSPS) is 15.7. The molecule has 1 N–H and O–H groups in total. The number of rotatable bonds is 5. The van der Waals surface area contributed by atoms with Gasteiger partial charge in [-0.2, -0.15) is 0 Å². The van der Waals surface area contributed by atoms with Crippen LogP contribution in [0.15, 0.2) is 78.9 Å². The number of carbonyl (C=O) groups excluding carboxylic acids is 1. The van der Waals surface area contributed by atoms with Gasteiger partial charge in [0, 0.05) is 11.6 Å². The molecule has 1 unspecified atom stereocenters. The molecule has 3 aromatic carbocycles. The Bertz CT molecular complexity index is 1090. The zero-order chi connectivity index (χ0) is 19.5. The molecule has 0 aliphatic carbocycles. The second-order valence-corrected chi connectivity index (χ2v) is 7.28. The van der Waals surface area contributed by atoms with Gasteiger partial charge in [-0.3, -0.25) is 9.52 Å². The van der Waals surface area contributed by atoms with Crippen LogP contribution >= 0.6 is 0 Å². The van der Waals surface area contributed by atoms with Crippen molar-refractivity contribution in [1.29, 1.82) is 0 Å². The van der Waals surface area contributed by atoms with Crippen LogP contribution in [0.1, 0.15) is 5.56 Å². The first-order chi connectivity index (χ1) is 13.6. The fraction of sp³-hybridized carbons (Fsp3) is 0.0455. The lowest BCUT2D eigenvalue weighted by molar-refractivity contribution is -0.114. The summed E-state index contributed by atoms with van der Waals surface area (Å²) in [5.74, 6) is 1.66.